The summed E-state index contributed by atoms with van der Waals surface area (Å²) in [5.74, 6) is 0. The number of aromatic nitrogens is 1. The summed E-state index contributed by atoms with van der Waals surface area (Å²) in [4.78, 5) is 15.5. The Morgan fingerprint density at radius 2 is 1.61 bits per heavy atom. The second kappa shape index (κ2) is 10.9. The zero-order valence-electron chi connectivity index (χ0n) is 14.9. The van der Waals surface area contributed by atoms with Crippen molar-refractivity contribution in [2.75, 3.05) is 5.32 Å². The van der Waals surface area contributed by atoms with E-state index >= 15 is 0 Å². The first-order valence-electron chi connectivity index (χ1n) is 9.04. The zero-order chi connectivity index (χ0) is 17.1. The topological polar surface area (TPSA) is 62.2 Å². The van der Waals surface area contributed by atoms with Gasteiger partial charge in [0.1, 0.15) is 0 Å². The number of nitrogens with zero attached hydrogens (tertiary/aromatic N) is 1. The van der Waals surface area contributed by atoms with E-state index in [4.69, 9.17) is 0 Å². The van der Waals surface area contributed by atoms with E-state index in [0.29, 0.717) is 0 Å². The van der Waals surface area contributed by atoms with Crippen molar-refractivity contribution in [2.24, 2.45) is 0 Å². The Hall–Kier alpha value is -0.781. The van der Waals surface area contributed by atoms with Gasteiger partial charge in [-0.25, -0.2) is 0 Å². The van der Waals surface area contributed by atoms with Gasteiger partial charge >= 0.3 is 145 Å². The zero-order valence-corrected chi connectivity index (χ0v) is 17.8. The molecule has 0 atom stereocenters. The van der Waals surface area contributed by atoms with Crippen LogP contribution >= 0.6 is 0 Å². The average molecular weight is 427 g/mol. The molecule has 4 nitrogen and oxygen atoms in total. The molecule has 5 heteroatoms. The van der Waals surface area contributed by atoms with E-state index < -0.39 is 24.5 Å². The molecule has 0 fully saturated rings. The quantitative estimate of drug-likeness (QED) is 0.476. The molecule has 130 valence electrons. The molecule has 0 aliphatic carbocycles. The summed E-state index contributed by atoms with van der Waals surface area (Å²) in [6.07, 6.45) is 10.1. The van der Waals surface area contributed by atoms with Crippen molar-refractivity contribution >= 4 is 33.7 Å². The van der Waals surface area contributed by atoms with Crippen molar-refractivity contribution in [1.82, 2.24) is 4.98 Å². The van der Waals surface area contributed by atoms with Gasteiger partial charge in [0.05, 0.1) is 0 Å². The maximum absolute atomic E-state index is 11.2. The third-order valence-electron chi connectivity index (χ3n) is 4.66. The van der Waals surface area contributed by atoms with Crippen LogP contribution in [0.5, 0.6) is 0 Å². The molecular weight excluding hydrogens is 395 g/mol. The van der Waals surface area contributed by atoms with E-state index in [2.05, 4.69) is 31.1 Å². The Morgan fingerprint density at radius 1 is 1.09 bits per heavy atom. The molecule has 1 heterocycles. The van der Waals surface area contributed by atoms with Gasteiger partial charge in [-0.05, 0) is 0 Å². The number of unbranched alkanes of at least 4 members (excludes halogenated alkanes) is 3. The SMILES string of the molecule is CCC[CH2][Sn]([CH2]CCC)([CH2]CCC)[c]1cnccc1NC(=O)O. The molecule has 0 unspecified atom stereocenters. The van der Waals surface area contributed by atoms with Gasteiger partial charge in [-0.3, -0.25) is 0 Å². The summed E-state index contributed by atoms with van der Waals surface area (Å²) >= 11 is -2.64. The molecule has 2 N–H and O–H groups in total. The predicted molar refractivity (Wildman–Crippen MR) is 100 cm³/mol. The molecule has 0 bridgehead atoms. The fourth-order valence-corrected chi connectivity index (χ4v) is 19.7. The van der Waals surface area contributed by atoms with Crippen LogP contribution in [0.25, 0.3) is 0 Å². The van der Waals surface area contributed by atoms with Crippen LogP contribution in [-0.2, 0) is 0 Å². The normalized spacial score (nSPS) is 11.4. The monoisotopic (exact) mass is 428 g/mol. The average Bonchev–Trinajstić information content (AvgIpc) is 2.55. The summed E-state index contributed by atoms with van der Waals surface area (Å²) in [5.41, 5.74) is 0.798. The molecule has 0 saturated heterocycles. The number of hydrogen-bond donors (Lipinski definition) is 2. The number of nitrogens with one attached hydrogen (secondary N) is 1. The van der Waals surface area contributed by atoms with Gasteiger partial charge in [0.2, 0.25) is 0 Å². The van der Waals surface area contributed by atoms with Gasteiger partial charge in [-0.1, -0.05) is 0 Å². The molecule has 1 aromatic heterocycles. The Morgan fingerprint density at radius 3 is 2.04 bits per heavy atom. The van der Waals surface area contributed by atoms with E-state index in [-0.39, 0.29) is 0 Å². The Balaban J connectivity index is 3.25. The van der Waals surface area contributed by atoms with Crippen LogP contribution in [0.3, 0.4) is 0 Å². The number of hydrogen-bond acceptors (Lipinski definition) is 2. The molecule has 1 rings (SSSR count). The fraction of sp³-hybridized carbons (Fsp3) is 0.667. The van der Waals surface area contributed by atoms with Crippen molar-refractivity contribution in [2.45, 2.75) is 72.6 Å². The molecule has 0 saturated carbocycles. The number of carbonyl (C=O) groups is 1. The first-order chi connectivity index (χ1) is 11.1. The van der Waals surface area contributed by atoms with Crippen molar-refractivity contribution in [1.29, 1.82) is 0 Å². The van der Waals surface area contributed by atoms with Crippen LogP contribution in [-0.4, -0.2) is 34.6 Å². The van der Waals surface area contributed by atoms with Crippen LogP contribution in [0.2, 0.25) is 13.3 Å². The Bertz CT molecular complexity index is 458. The summed E-state index contributed by atoms with van der Waals surface area (Å²) in [5, 5.41) is 11.8. The second-order valence-corrected chi connectivity index (χ2v) is 19.6. The van der Waals surface area contributed by atoms with Crippen molar-refractivity contribution in [3.05, 3.63) is 18.5 Å². The fourth-order valence-electron chi connectivity index (χ4n) is 3.37. The van der Waals surface area contributed by atoms with Crippen molar-refractivity contribution < 1.29 is 9.90 Å². The molecule has 0 aliphatic heterocycles. The summed E-state index contributed by atoms with van der Waals surface area (Å²) in [6, 6.07) is 1.85. The van der Waals surface area contributed by atoms with Crippen LogP contribution in [0.4, 0.5) is 10.5 Å². The number of pyridine rings is 1. The predicted octanol–water partition coefficient (Wildman–Crippen LogP) is 5.23. The second-order valence-electron chi connectivity index (χ2n) is 6.44. The van der Waals surface area contributed by atoms with Crippen molar-refractivity contribution in [3.8, 4) is 0 Å². The van der Waals surface area contributed by atoms with Gasteiger partial charge in [-0.2, -0.15) is 0 Å². The van der Waals surface area contributed by atoms with Crippen LogP contribution < -0.4 is 8.90 Å². The minimum atomic E-state index is -2.64. The van der Waals surface area contributed by atoms with E-state index in [9.17, 15) is 9.90 Å². The number of rotatable bonds is 11. The third-order valence-corrected chi connectivity index (χ3v) is 20.3. The third kappa shape index (κ3) is 6.32. The molecule has 0 spiro atoms. The van der Waals surface area contributed by atoms with E-state index in [1.807, 2.05) is 12.3 Å². The van der Waals surface area contributed by atoms with E-state index in [1.54, 1.807) is 6.20 Å². The molecule has 1 aromatic rings. The number of anilines is 1. The van der Waals surface area contributed by atoms with Crippen LogP contribution in [0.1, 0.15) is 59.3 Å². The van der Waals surface area contributed by atoms with Gasteiger partial charge < -0.3 is 0 Å². The molecular formula is C18H32N2O2Sn. The summed E-state index contributed by atoms with van der Waals surface area (Å²) in [7, 11) is 0. The van der Waals surface area contributed by atoms with Crippen LogP contribution in [0.15, 0.2) is 18.5 Å². The molecule has 0 aromatic carbocycles. The van der Waals surface area contributed by atoms with Crippen molar-refractivity contribution in [3.63, 3.8) is 0 Å². The summed E-state index contributed by atoms with van der Waals surface area (Å²) in [6.45, 7) is 6.74. The Kier molecular flexibility index (Phi) is 9.60. The van der Waals surface area contributed by atoms with Crippen LogP contribution in [0, 0.1) is 0 Å². The first kappa shape index (κ1) is 20.3. The molecule has 0 aliphatic rings. The van der Waals surface area contributed by atoms with Gasteiger partial charge in [0, 0.05) is 0 Å². The first-order valence-corrected chi connectivity index (χ1v) is 16.5. The Labute approximate surface area is 145 Å². The number of amides is 1. The molecule has 23 heavy (non-hydrogen) atoms. The maximum atomic E-state index is 11.2. The molecule has 0 radical (unpaired) electrons. The van der Waals surface area contributed by atoms with Gasteiger partial charge in [0.15, 0.2) is 0 Å². The van der Waals surface area contributed by atoms with Gasteiger partial charge in [0.25, 0.3) is 0 Å². The van der Waals surface area contributed by atoms with E-state index in [1.165, 1.54) is 55.4 Å². The minimum absolute atomic E-state index is 0.798. The standard InChI is InChI=1S/C6H5N2O2.3C4H9.Sn/c9-6(10)8-5-1-3-7-4-2-5;3*1-3-4-2;/h1,3-4H,(H,7,8)(H,9,10);3*1,3-4H2,2H3;. The van der Waals surface area contributed by atoms with E-state index in [0.717, 1.165) is 5.69 Å². The summed E-state index contributed by atoms with van der Waals surface area (Å²) < 4.78 is 5.22. The number of carboxylic acid groups (broad SMARTS) is 1. The molecule has 1 amide bonds. The van der Waals surface area contributed by atoms with Gasteiger partial charge in [-0.15, -0.1) is 0 Å².